The van der Waals surface area contributed by atoms with E-state index < -0.39 is 12.0 Å². The molecule has 178 valence electrons. The van der Waals surface area contributed by atoms with E-state index in [-0.39, 0.29) is 12.5 Å². The lowest BCUT2D eigenvalue weighted by molar-refractivity contribution is -0.151. The molecule has 1 amide bonds. The predicted octanol–water partition coefficient (Wildman–Crippen LogP) is 6.08. The summed E-state index contributed by atoms with van der Waals surface area (Å²) in [6.07, 6.45) is 1.77. The number of esters is 1. The molecule has 0 aliphatic carbocycles. The van der Waals surface area contributed by atoms with Gasteiger partial charge in [-0.25, -0.2) is 4.79 Å². The Morgan fingerprint density at radius 2 is 1.71 bits per heavy atom. The van der Waals surface area contributed by atoms with Gasteiger partial charge in [-0.2, -0.15) is 0 Å². The van der Waals surface area contributed by atoms with Crippen molar-refractivity contribution in [3.63, 3.8) is 0 Å². The standard InChI is InChI=1S/C28H25NO4S2/c1-3-32-27(31)25(22-7-5-4-6-8-22)29-26(30)24(35-28(29)34)17-20-13-15-23(16-14-20)33-18-21-11-9-19(2)10-12-21/h4-17,25H,3,18H2,1-2H3/b24-17-. The highest BCUT2D eigenvalue weighted by Crippen LogP contribution is 2.38. The summed E-state index contributed by atoms with van der Waals surface area (Å²) >= 11 is 6.68. The Bertz CT molecular complexity index is 1240. The fourth-order valence-electron chi connectivity index (χ4n) is 3.61. The maximum atomic E-state index is 13.3. The van der Waals surface area contributed by atoms with Gasteiger partial charge in [0.2, 0.25) is 0 Å². The van der Waals surface area contributed by atoms with Crippen molar-refractivity contribution in [1.82, 2.24) is 4.90 Å². The molecule has 4 rings (SSSR count). The molecule has 7 heteroatoms. The van der Waals surface area contributed by atoms with Crippen LogP contribution >= 0.6 is 24.0 Å². The van der Waals surface area contributed by atoms with E-state index in [1.54, 1.807) is 25.1 Å². The second-order valence-corrected chi connectivity index (χ2v) is 9.64. The zero-order valence-electron chi connectivity index (χ0n) is 19.5. The molecule has 0 bridgehead atoms. The molecule has 3 aromatic carbocycles. The fourth-order valence-corrected chi connectivity index (χ4v) is 4.93. The molecule has 1 heterocycles. The number of rotatable bonds is 8. The van der Waals surface area contributed by atoms with Gasteiger partial charge < -0.3 is 9.47 Å². The van der Waals surface area contributed by atoms with E-state index in [2.05, 4.69) is 19.1 Å². The van der Waals surface area contributed by atoms with E-state index in [0.29, 0.717) is 21.4 Å². The zero-order chi connectivity index (χ0) is 24.8. The number of aryl methyl sites for hydroxylation is 1. The number of hydrogen-bond donors (Lipinski definition) is 0. The molecular formula is C28H25NO4S2. The molecule has 1 unspecified atom stereocenters. The Balaban J connectivity index is 1.49. The van der Waals surface area contributed by atoms with Crippen LogP contribution < -0.4 is 4.74 Å². The van der Waals surface area contributed by atoms with Crippen LogP contribution in [-0.2, 0) is 20.9 Å². The predicted molar refractivity (Wildman–Crippen MR) is 143 cm³/mol. The highest BCUT2D eigenvalue weighted by atomic mass is 32.2. The normalized spacial score (nSPS) is 15.4. The minimum Gasteiger partial charge on any atom is -0.489 e. The van der Waals surface area contributed by atoms with Gasteiger partial charge in [0.05, 0.1) is 11.5 Å². The van der Waals surface area contributed by atoms with E-state index in [9.17, 15) is 9.59 Å². The zero-order valence-corrected chi connectivity index (χ0v) is 21.1. The molecule has 0 N–H and O–H groups in total. The molecule has 0 spiro atoms. The van der Waals surface area contributed by atoms with Crippen LogP contribution in [0.5, 0.6) is 5.75 Å². The summed E-state index contributed by atoms with van der Waals surface area (Å²) in [4.78, 5) is 27.9. The first-order valence-corrected chi connectivity index (χ1v) is 12.5. The van der Waals surface area contributed by atoms with E-state index in [4.69, 9.17) is 21.7 Å². The van der Waals surface area contributed by atoms with E-state index in [1.165, 1.54) is 22.2 Å². The third-order valence-corrected chi connectivity index (χ3v) is 6.74. The molecule has 0 saturated carbocycles. The van der Waals surface area contributed by atoms with Crippen molar-refractivity contribution in [3.05, 3.63) is 106 Å². The second-order valence-electron chi connectivity index (χ2n) is 7.96. The van der Waals surface area contributed by atoms with Crippen LogP contribution in [0.1, 0.15) is 35.2 Å². The van der Waals surface area contributed by atoms with Crippen molar-refractivity contribution in [1.29, 1.82) is 0 Å². The van der Waals surface area contributed by atoms with Gasteiger partial charge >= 0.3 is 5.97 Å². The summed E-state index contributed by atoms with van der Waals surface area (Å²) in [5.74, 6) is -0.0883. The first kappa shape index (κ1) is 24.7. The van der Waals surface area contributed by atoms with Crippen LogP contribution in [0.4, 0.5) is 0 Å². The Morgan fingerprint density at radius 3 is 2.37 bits per heavy atom. The lowest BCUT2D eigenvalue weighted by atomic mass is 10.1. The van der Waals surface area contributed by atoms with Gasteiger partial charge in [-0.15, -0.1) is 0 Å². The molecule has 1 aliphatic heterocycles. The summed E-state index contributed by atoms with van der Waals surface area (Å²) in [6, 6.07) is 23.9. The number of thioether (sulfide) groups is 1. The second kappa shape index (κ2) is 11.3. The molecule has 1 atom stereocenters. The third-order valence-electron chi connectivity index (χ3n) is 5.41. The summed E-state index contributed by atoms with van der Waals surface area (Å²) in [6.45, 7) is 4.48. The average Bonchev–Trinajstić information content (AvgIpc) is 3.13. The van der Waals surface area contributed by atoms with Gasteiger partial charge in [-0.3, -0.25) is 9.69 Å². The Hall–Kier alpha value is -3.42. The van der Waals surface area contributed by atoms with Gasteiger partial charge in [-0.1, -0.05) is 96.3 Å². The number of amides is 1. The van der Waals surface area contributed by atoms with E-state index in [1.807, 2.05) is 54.6 Å². The quantitative estimate of drug-likeness (QED) is 0.211. The maximum Gasteiger partial charge on any atom is 0.333 e. The number of thiocarbonyl (C=S) groups is 1. The van der Waals surface area contributed by atoms with E-state index in [0.717, 1.165) is 16.9 Å². The molecule has 0 aromatic heterocycles. The van der Waals surface area contributed by atoms with Crippen molar-refractivity contribution in [3.8, 4) is 5.75 Å². The van der Waals surface area contributed by atoms with Crippen molar-refractivity contribution < 1.29 is 19.1 Å². The number of nitrogens with zero attached hydrogens (tertiary/aromatic N) is 1. The lowest BCUT2D eigenvalue weighted by Gasteiger charge is -2.25. The molecule has 5 nitrogen and oxygen atoms in total. The van der Waals surface area contributed by atoms with Gasteiger partial charge in [0.25, 0.3) is 5.91 Å². The third kappa shape index (κ3) is 5.99. The smallest absolute Gasteiger partial charge is 0.333 e. The number of carbonyl (C=O) groups excluding carboxylic acids is 2. The van der Waals surface area contributed by atoms with Gasteiger partial charge in [0.1, 0.15) is 16.7 Å². The molecule has 35 heavy (non-hydrogen) atoms. The van der Waals surface area contributed by atoms with Crippen LogP contribution in [-0.4, -0.2) is 27.7 Å². The minimum atomic E-state index is -0.924. The van der Waals surface area contributed by atoms with Crippen LogP contribution in [0, 0.1) is 6.92 Å². The molecular weight excluding hydrogens is 478 g/mol. The highest BCUT2D eigenvalue weighted by Gasteiger charge is 2.42. The monoisotopic (exact) mass is 503 g/mol. The van der Waals surface area contributed by atoms with Crippen LogP contribution in [0.25, 0.3) is 6.08 Å². The van der Waals surface area contributed by atoms with Gasteiger partial charge in [0.15, 0.2) is 6.04 Å². The number of hydrogen-bond acceptors (Lipinski definition) is 6. The maximum absolute atomic E-state index is 13.3. The molecule has 1 fully saturated rings. The Kier molecular flexibility index (Phi) is 8.00. The van der Waals surface area contributed by atoms with Gasteiger partial charge in [0, 0.05) is 0 Å². The molecule has 1 aliphatic rings. The van der Waals surface area contributed by atoms with Crippen molar-refractivity contribution in [2.24, 2.45) is 0 Å². The molecule has 1 saturated heterocycles. The topological polar surface area (TPSA) is 55.8 Å². The Morgan fingerprint density at radius 1 is 1.03 bits per heavy atom. The van der Waals surface area contributed by atoms with Crippen molar-refractivity contribution in [2.45, 2.75) is 26.5 Å². The Labute approximate surface area is 214 Å². The van der Waals surface area contributed by atoms with Crippen molar-refractivity contribution >= 4 is 46.3 Å². The van der Waals surface area contributed by atoms with Crippen LogP contribution in [0.3, 0.4) is 0 Å². The fraction of sp³-hybridized carbons (Fsp3) is 0.179. The summed E-state index contributed by atoms with van der Waals surface area (Å²) < 4.78 is 11.4. The highest BCUT2D eigenvalue weighted by molar-refractivity contribution is 8.26. The summed E-state index contributed by atoms with van der Waals surface area (Å²) in [7, 11) is 0. The number of carbonyl (C=O) groups is 2. The van der Waals surface area contributed by atoms with E-state index >= 15 is 0 Å². The largest absolute Gasteiger partial charge is 0.489 e. The SMILES string of the molecule is CCOC(=O)C(c1ccccc1)N1C(=O)/C(=C/c2ccc(OCc3ccc(C)cc3)cc2)SC1=S. The molecule has 0 radical (unpaired) electrons. The minimum absolute atomic E-state index is 0.213. The average molecular weight is 504 g/mol. The number of benzene rings is 3. The first-order chi connectivity index (χ1) is 17.0. The number of ether oxygens (including phenoxy) is 2. The lowest BCUT2D eigenvalue weighted by Crippen LogP contribution is -2.38. The van der Waals surface area contributed by atoms with Crippen LogP contribution in [0.15, 0.2) is 83.8 Å². The molecule has 3 aromatic rings. The first-order valence-electron chi connectivity index (χ1n) is 11.2. The van der Waals surface area contributed by atoms with Crippen LogP contribution in [0.2, 0.25) is 0 Å². The van der Waals surface area contributed by atoms with Gasteiger partial charge in [-0.05, 0) is 48.7 Å². The summed E-state index contributed by atoms with van der Waals surface area (Å²) in [5, 5.41) is 0. The van der Waals surface area contributed by atoms with Crippen molar-refractivity contribution in [2.75, 3.05) is 6.61 Å². The summed E-state index contributed by atoms with van der Waals surface area (Å²) in [5.41, 5.74) is 3.79.